The SMILES string of the molecule is N=C(N)c1cccnc1Oc1ccccc1OC(F)(F)F. The van der Waals surface area contributed by atoms with Crippen LogP contribution in [-0.2, 0) is 0 Å². The Hall–Kier alpha value is -2.77. The predicted octanol–water partition coefficient (Wildman–Crippen LogP) is 3.06. The summed E-state index contributed by atoms with van der Waals surface area (Å²) in [5, 5.41) is 7.39. The zero-order valence-corrected chi connectivity index (χ0v) is 10.5. The molecule has 0 aliphatic carbocycles. The predicted molar refractivity (Wildman–Crippen MR) is 68.5 cm³/mol. The van der Waals surface area contributed by atoms with Gasteiger partial charge in [-0.15, -0.1) is 13.2 Å². The molecule has 0 bridgehead atoms. The summed E-state index contributed by atoms with van der Waals surface area (Å²) in [6.45, 7) is 0. The van der Waals surface area contributed by atoms with Gasteiger partial charge in [0.2, 0.25) is 5.88 Å². The molecule has 0 fully saturated rings. The highest BCUT2D eigenvalue weighted by molar-refractivity contribution is 5.97. The lowest BCUT2D eigenvalue weighted by Gasteiger charge is -2.14. The van der Waals surface area contributed by atoms with Crippen molar-refractivity contribution in [3.8, 4) is 17.4 Å². The lowest BCUT2D eigenvalue weighted by molar-refractivity contribution is -0.275. The normalized spacial score (nSPS) is 11.0. The van der Waals surface area contributed by atoms with Gasteiger partial charge in [0.05, 0.1) is 5.56 Å². The Morgan fingerprint density at radius 1 is 1.10 bits per heavy atom. The van der Waals surface area contributed by atoms with Gasteiger partial charge in [-0.25, -0.2) is 4.98 Å². The number of alkyl halides is 3. The van der Waals surface area contributed by atoms with Crippen molar-refractivity contribution in [1.82, 2.24) is 4.98 Å². The molecule has 0 unspecified atom stereocenters. The number of nitrogens with zero attached hydrogens (tertiary/aromatic N) is 1. The molecule has 3 N–H and O–H groups in total. The lowest BCUT2D eigenvalue weighted by Crippen LogP contribution is -2.17. The highest BCUT2D eigenvalue weighted by Crippen LogP contribution is 2.35. The van der Waals surface area contributed by atoms with Crippen LogP contribution in [0.5, 0.6) is 17.4 Å². The van der Waals surface area contributed by atoms with Crippen LogP contribution in [0.4, 0.5) is 13.2 Å². The number of benzene rings is 1. The number of rotatable bonds is 4. The molecule has 0 amide bonds. The third-order valence-electron chi connectivity index (χ3n) is 2.34. The van der Waals surface area contributed by atoms with E-state index in [0.29, 0.717) is 0 Å². The smallest absolute Gasteiger partial charge is 0.434 e. The van der Waals surface area contributed by atoms with Crippen molar-refractivity contribution in [3.63, 3.8) is 0 Å². The number of nitrogens with two attached hydrogens (primary N) is 1. The van der Waals surface area contributed by atoms with E-state index < -0.39 is 12.1 Å². The highest BCUT2D eigenvalue weighted by atomic mass is 19.4. The number of aromatic nitrogens is 1. The van der Waals surface area contributed by atoms with Crippen LogP contribution in [0.25, 0.3) is 0 Å². The topological polar surface area (TPSA) is 81.2 Å². The molecule has 1 heterocycles. The van der Waals surface area contributed by atoms with E-state index in [4.69, 9.17) is 15.9 Å². The van der Waals surface area contributed by atoms with Crippen LogP contribution in [-0.4, -0.2) is 17.2 Å². The van der Waals surface area contributed by atoms with Crippen LogP contribution in [0.2, 0.25) is 0 Å². The van der Waals surface area contributed by atoms with E-state index in [9.17, 15) is 13.2 Å². The molecular weight excluding hydrogens is 287 g/mol. The summed E-state index contributed by atoms with van der Waals surface area (Å²) in [6, 6.07) is 8.26. The number of pyridine rings is 1. The van der Waals surface area contributed by atoms with E-state index in [1.807, 2.05) is 0 Å². The van der Waals surface area contributed by atoms with Crippen LogP contribution >= 0.6 is 0 Å². The Balaban J connectivity index is 2.35. The maximum atomic E-state index is 12.3. The molecule has 0 saturated heterocycles. The molecule has 0 aliphatic rings. The summed E-state index contributed by atoms with van der Waals surface area (Å²) >= 11 is 0. The van der Waals surface area contributed by atoms with Crippen molar-refractivity contribution in [3.05, 3.63) is 48.2 Å². The lowest BCUT2D eigenvalue weighted by atomic mass is 10.2. The van der Waals surface area contributed by atoms with Crippen LogP contribution in [0.1, 0.15) is 5.56 Å². The van der Waals surface area contributed by atoms with Gasteiger partial charge >= 0.3 is 6.36 Å². The van der Waals surface area contributed by atoms with Crippen LogP contribution < -0.4 is 15.2 Å². The Morgan fingerprint density at radius 3 is 2.38 bits per heavy atom. The largest absolute Gasteiger partial charge is 0.573 e. The standard InChI is InChI=1S/C13H10F3N3O2/c14-13(15,16)21-10-6-2-1-5-9(10)20-12-8(11(17)18)4-3-7-19-12/h1-7H,(H3,17,18). The van der Waals surface area contributed by atoms with Crippen molar-refractivity contribution in [1.29, 1.82) is 5.41 Å². The second-order valence-corrected chi connectivity index (χ2v) is 3.87. The number of para-hydroxylation sites is 2. The zero-order valence-electron chi connectivity index (χ0n) is 10.5. The number of nitrogens with one attached hydrogen (secondary N) is 1. The van der Waals surface area contributed by atoms with E-state index in [-0.39, 0.29) is 23.0 Å². The number of halogens is 3. The van der Waals surface area contributed by atoms with Crippen molar-refractivity contribution < 1.29 is 22.6 Å². The summed E-state index contributed by atoms with van der Waals surface area (Å²) in [5.41, 5.74) is 5.53. The second kappa shape index (κ2) is 5.70. The summed E-state index contributed by atoms with van der Waals surface area (Å²) in [7, 11) is 0. The first-order chi connectivity index (χ1) is 9.87. The molecule has 1 aromatic carbocycles. The molecule has 1 aromatic heterocycles. The third-order valence-corrected chi connectivity index (χ3v) is 2.34. The minimum atomic E-state index is -4.84. The van der Waals surface area contributed by atoms with Crippen LogP contribution in [0.3, 0.4) is 0 Å². The van der Waals surface area contributed by atoms with Gasteiger partial charge < -0.3 is 15.2 Å². The maximum Gasteiger partial charge on any atom is 0.573 e. The first-order valence-corrected chi connectivity index (χ1v) is 5.69. The summed E-state index contributed by atoms with van der Waals surface area (Å²) in [4.78, 5) is 3.85. The summed E-state index contributed by atoms with van der Waals surface area (Å²) in [5.74, 6) is -1.09. The van der Waals surface area contributed by atoms with Crippen LogP contribution in [0, 0.1) is 5.41 Å². The fourth-order valence-electron chi connectivity index (χ4n) is 1.52. The molecule has 0 spiro atoms. The fraction of sp³-hybridized carbons (Fsp3) is 0.0769. The second-order valence-electron chi connectivity index (χ2n) is 3.87. The molecule has 5 nitrogen and oxygen atoms in total. The Bertz CT molecular complexity index is 659. The number of hydrogen-bond acceptors (Lipinski definition) is 4. The van der Waals surface area contributed by atoms with E-state index in [2.05, 4.69) is 9.72 Å². The zero-order chi connectivity index (χ0) is 15.5. The Kier molecular flexibility index (Phi) is 3.97. The van der Waals surface area contributed by atoms with Crippen molar-refractivity contribution in [2.75, 3.05) is 0 Å². The van der Waals surface area contributed by atoms with Gasteiger partial charge in [0.1, 0.15) is 5.84 Å². The van der Waals surface area contributed by atoms with Crippen molar-refractivity contribution in [2.45, 2.75) is 6.36 Å². The molecule has 110 valence electrons. The molecule has 2 rings (SSSR count). The minimum Gasteiger partial charge on any atom is -0.434 e. The molecule has 0 aliphatic heterocycles. The van der Waals surface area contributed by atoms with Crippen molar-refractivity contribution in [2.24, 2.45) is 5.73 Å². The molecule has 21 heavy (non-hydrogen) atoms. The average Bonchev–Trinajstić information content (AvgIpc) is 2.40. The van der Waals surface area contributed by atoms with E-state index in [1.165, 1.54) is 36.5 Å². The fourth-order valence-corrected chi connectivity index (χ4v) is 1.52. The van der Waals surface area contributed by atoms with Gasteiger partial charge in [-0.05, 0) is 24.3 Å². The maximum absolute atomic E-state index is 12.3. The first kappa shape index (κ1) is 14.6. The van der Waals surface area contributed by atoms with E-state index >= 15 is 0 Å². The molecule has 0 saturated carbocycles. The summed E-state index contributed by atoms with van der Waals surface area (Å²) in [6.07, 6.45) is -3.47. The van der Waals surface area contributed by atoms with E-state index in [1.54, 1.807) is 0 Å². The Morgan fingerprint density at radius 2 is 1.76 bits per heavy atom. The van der Waals surface area contributed by atoms with Gasteiger partial charge in [-0.3, -0.25) is 5.41 Å². The van der Waals surface area contributed by atoms with Crippen molar-refractivity contribution >= 4 is 5.84 Å². The minimum absolute atomic E-state index is 0.0803. The summed E-state index contributed by atoms with van der Waals surface area (Å²) < 4.78 is 46.1. The Labute approximate surface area is 117 Å². The van der Waals surface area contributed by atoms with E-state index in [0.717, 1.165) is 6.07 Å². The highest BCUT2D eigenvalue weighted by Gasteiger charge is 2.32. The molecule has 2 aromatic rings. The number of ether oxygens (including phenoxy) is 2. The average molecular weight is 297 g/mol. The van der Waals surface area contributed by atoms with Gasteiger partial charge in [0, 0.05) is 6.20 Å². The molecule has 8 heteroatoms. The monoisotopic (exact) mass is 297 g/mol. The van der Waals surface area contributed by atoms with Gasteiger partial charge in [0.25, 0.3) is 0 Å². The number of nitrogen functional groups attached to an aromatic ring is 1. The molecule has 0 radical (unpaired) electrons. The first-order valence-electron chi connectivity index (χ1n) is 5.69. The van der Waals surface area contributed by atoms with Gasteiger partial charge in [-0.2, -0.15) is 0 Å². The van der Waals surface area contributed by atoms with Gasteiger partial charge in [-0.1, -0.05) is 12.1 Å². The quantitative estimate of drug-likeness (QED) is 0.671. The molecular formula is C13H10F3N3O2. The third kappa shape index (κ3) is 3.85. The number of hydrogen-bond donors (Lipinski definition) is 2. The molecule has 0 atom stereocenters. The van der Waals surface area contributed by atoms with Crippen LogP contribution in [0.15, 0.2) is 42.6 Å². The van der Waals surface area contributed by atoms with Gasteiger partial charge in [0.15, 0.2) is 11.5 Å². The number of amidine groups is 1.